The highest BCUT2D eigenvalue weighted by atomic mass is 33.1. The van der Waals surface area contributed by atoms with E-state index in [1.54, 1.807) is 91.1 Å². The van der Waals surface area contributed by atoms with Crippen molar-refractivity contribution in [3.05, 3.63) is 138 Å². The van der Waals surface area contributed by atoms with Crippen LogP contribution >= 0.6 is 21.6 Å². The third kappa shape index (κ3) is 30.5. The number of carbonyl (C=O) groups excluding carboxylic acids is 14. The van der Waals surface area contributed by atoms with E-state index < -0.39 is 210 Å². The third-order valence-corrected chi connectivity index (χ3v) is 20.8. The number of rotatable bonds is 26. The summed E-state index contributed by atoms with van der Waals surface area (Å²) in [6.45, 7) is 1.81. The van der Waals surface area contributed by atoms with E-state index >= 15 is 14.4 Å². The van der Waals surface area contributed by atoms with E-state index in [-0.39, 0.29) is 76.6 Å². The summed E-state index contributed by atoms with van der Waals surface area (Å²) in [6, 6.07) is 6.22. The molecule has 1 fully saturated rings. The van der Waals surface area contributed by atoms with Crippen molar-refractivity contribution >= 4 is 121 Å². The first kappa shape index (κ1) is 93.6. The van der Waals surface area contributed by atoms with Gasteiger partial charge in [-0.25, -0.2) is 4.79 Å². The second-order valence-electron chi connectivity index (χ2n) is 27.8. The molecule has 1 aliphatic rings. The summed E-state index contributed by atoms with van der Waals surface area (Å²) in [5.41, 5.74) is 25.4. The number of aromatic nitrogens is 1. The van der Waals surface area contributed by atoms with Crippen LogP contribution in [0.2, 0.25) is 0 Å². The number of unbranched alkanes of at least 4 members (excludes halogenated alkanes) is 2. The summed E-state index contributed by atoms with van der Waals surface area (Å²) < 4.78 is 0. The number of nitrogens with two attached hydrogens (primary N) is 4. The molecule has 1 saturated heterocycles. The SMILES string of the molecule is C[C@H](N)C(=O)NCC(=O)N[C@H]1CSSC[C@@H](C(=O)O)NC(=O)[C@H](CO)NC(=O)[C@H]([C@@H](C)O)NC(=O)[C@H](Cc2ccccc2)NC(=O)[C@H]([C@@H](C)O)NC(=O)[C@H](CCCCN)NC(=O)[C@H](Cc2c[nH]c3ccccc23)NC(=O)[C@H](Cc2ccc(O)cc2)NC(=O)[C@H](Cc2ccccc2)NC(=O)[C@H](CC(N)=O)NC(=O)[C@H](CCCCN)NC1=O. The number of phenols is 1. The Bertz CT molecular complexity index is 4180. The largest absolute Gasteiger partial charge is 0.508 e. The van der Waals surface area contributed by atoms with E-state index in [1.165, 1.54) is 31.2 Å². The normalized spacial score (nSPS) is 23.6. The van der Waals surface area contributed by atoms with Crippen LogP contribution < -0.4 is 92.1 Å². The maximum atomic E-state index is 15.4. The minimum Gasteiger partial charge on any atom is -0.508 e. The molecule has 1 aromatic heterocycles. The summed E-state index contributed by atoms with van der Waals surface area (Å²) in [4.78, 5) is 217. The van der Waals surface area contributed by atoms with Gasteiger partial charge in [0.1, 0.15) is 78.3 Å². The molecular formula is C76H104N18O20S2. The number of aliphatic hydroxyl groups is 3. The van der Waals surface area contributed by atoms with Crippen molar-refractivity contribution < 1.29 is 97.5 Å². The molecule has 0 spiro atoms. The van der Waals surface area contributed by atoms with Gasteiger partial charge in [0, 0.05) is 54.3 Å². The zero-order chi connectivity index (χ0) is 85.1. The molecule has 5 aromatic rings. The van der Waals surface area contributed by atoms with Crippen molar-refractivity contribution in [1.29, 1.82) is 0 Å². The number of aromatic amines is 1. The van der Waals surface area contributed by atoms with Crippen molar-refractivity contribution in [3.63, 3.8) is 0 Å². The second kappa shape index (κ2) is 47.6. The van der Waals surface area contributed by atoms with Gasteiger partial charge in [-0.2, -0.15) is 0 Å². The first-order valence-electron chi connectivity index (χ1n) is 37.5. The Labute approximate surface area is 675 Å². The summed E-state index contributed by atoms with van der Waals surface area (Å²) >= 11 is 0. The first-order chi connectivity index (χ1) is 55.3. The molecule has 630 valence electrons. The fourth-order valence-electron chi connectivity index (χ4n) is 12.0. The fourth-order valence-corrected chi connectivity index (χ4v) is 14.3. The van der Waals surface area contributed by atoms with Crippen molar-refractivity contribution in [3.8, 4) is 5.75 Å². The average molecular weight is 1650 g/mol. The molecule has 0 radical (unpaired) electrons. The van der Waals surface area contributed by atoms with Gasteiger partial charge in [-0.3, -0.25) is 67.1 Å². The number of primary amides is 1. The Balaban J connectivity index is 1.48. The summed E-state index contributed by atoms with van der Waals surface area (Å²) in [6.07, 6.45) is -3.82. The van der Waals surface area contributed by atoms with Crippen molar-refractivity contribution in [2.45, 2.75) is 182 Å². The number of aliphatic carboxylic acids is 1. The molecule has 15 atom stereocenters. The van der Waals surface area contributed by atoms with Crippen LogP contribution in [0.3, 0.4) is 0 Å². The predicted molar refractivity (Wildman–Crippen MR) is 427 cm³/mol. The number of carboxylic acids is 1. The second-order valence-corrected chi connectivity index (χ2v) is 30.3. The number of H-pyrrole nitrogens is 1. The molecule has 27 N–H and O–H groups in total. The molecule has 116 heavy (non-hydrogen) atoms. The van der Waals surface area contributed by atoms with E-state index in [1.807, 2.05) is 0 Å². The zero-order valence-electron chi connectivity index (χ0n) is 64.1. The molecular weight excluding hydrogens is 1550 g/mol. The monoisotopic (exact) mass is 1650 g/mol. The number of nitrogens with one attached hydrogen (secondary N) is 14. The molecule has 38 nitrogen and oxygen atoms in total. The molecule has 0 aliphatic carbocycles. The molecule has 2 heterocycles. The maximum Gasteiger partial charge on any atom is 0.327 e. The van der Waals surface area contributed by atoms with E-state index in [2.05, 4.69) is 74.1 Å². The van der Waals surface area contributed by atoms with Gasteiger partial charge in [0.05, 0.1) is 37.8 Å². The lowest BCUT2D eigenvalue weighted by molar-refractivity contribution is -0.142. The molecule has 0 unspecified atom stereocenters. The lowest BCUT2D eigenvalue weighted by Gasteiger charge is -2.29. The van der Waals surface area contributed by atoms with Crippen molar-refractivity contribution in [1.82, 2.24) is 74.1 Å². The molecule has 0 saturated carbocycles. The number of hydrogen-bond donors (Lipinski definition) is 23. The number of aromatic hydroxyl groups is 1. The standard InChI is InChI=1S/C76H104N18O20S2/c1-40(79)64(101)82-36-61(100)83-58-38-115-116-39-59(76(113)114)92-72(109)57(37-95)91-75(112)63(42(3)97)94-71(108)54(31-44-18-8-5-9-19-44)90-74(111)62(41(2)96)93-66(103)51(23-13-15-29-78)84-69(106)55(33-46-35-81-49-21-11-10-20-48(46)49)88-68(105)53(32-45-24-26-47(98)27-25-45)86-67(104)52(30-43-16-6-4-7-17-43)87-70(107)56(34-60(80)99)89-65(102)50(85-73(58)110)22-12-14-28-77/h4-11,16-21,24-27,35,40-42,50-59,62-63,81,95-98H,12-15,22-23,28-34,36-39,77-79H2,1-3H3,(H2,80,99)(H,82,101)(H,83,100)(H,84,106)(H,85,110)(H,86,104)(H,87,107)(H,88,105)(H,89,102)(H,90,111)(H,91,112)(H,92,109)(H,93,103)(H,94,108)(H,113,114)/t40-,41+,42+,50-,51-,52-,53-,54-,55-,56-,57-,58-,59-,62-,63-/m0/s1. The number of carboxylic acid groups (broad SMARTS) is 1. The van der Waals surface area contributed by atoms with Gasteiger partial charge < -0.3 is 123 Å². The zero-order valence-corrected chi connectivity index (χ0v) is 65.8. The number of aliphatic hydroxyl groups excluding tert-OH is 3. The third-order valence-electron chi connectivity index (χ3n) is 18.4. The van der Waals surface area contributed by atoms with Crippen LogP contribution in [0.4, 0.5) is 0 Å². The van der Waals surface area contributed by atoms with Gasteiger partial charge in [-0.05, 0) is 113 Å². The fraction of sp³-hybridized carbons (Fsp3) is 0.461. The number of carbonyl (C=O) groups is 15. The van der Waals surface area contributed by atoms with Crippen LogP contribution in [0.15, 0.2) is 115 Å². The van der Waals surface area contributed by atoms with E-state index in [9.17, 15) is 83.1 Å². The number of para-hydroxylation sites is 1. The van der Waals surface area contributed by atoms with Gasteiger partial charge in [-0.1, -0.05) is 113 Å². The Morgan fingerprint density at radius 2 is 0.888 bits per heavy atom. The highest BCUT2D eigenvalue weighted by molar-refractivity contribution is 8.76. The molecule has 6 rings (SSSR count). The van der Waals surface area contributed by atoms with Crippen LogP contribution in [0, 0.1) is 0 Å². The van der Waals surface area contributed by atoms with Crippen molar-refractivity contribution in [2.24, 2.45) is 22.9 Å². The number of fused-ring (bicyclic) bond motifs is 1. The van der Waals surface area contributed by atoms with Gasteiger partial charge in [-0.15, -0.1) is 0 Å². The van der Waals surface area contributed by atoms with E-state index in [0.29, 0.717) is 39.6 Å². The minimum atomic E-state index is -1.99. The Morgan fingerprint density at radius 3 is 1.37 bits per heavy atom. The molecule has 4 aromatic carbocycles. The Hall–Kier alpha value is -11.3. The first-order valence-corrected chi connectivity index (χ1v) is 40.0. The predicted octanol–water partition coefficient (Wildman–Crippen LogP) is -5.21. The minimum absolute atomic E-state index is 0.0936. The Morgan fingerprint density at radius 1 is 0.483 bits per heavy atom. The van der Waals surface area contributed by atoms with Crippen LogP contribution in [0.1, 0.15) is 88.0 Å². The number of hydrogen-bond acceptors (Lipinski definition) is 24. The van der Waals surface area contributed by atoms with Gasteiger partial charge in [0.25, 0.3) is 0 Å². The van der Waals surface area contributed by atoms with Crippen LogP contribution in [-0.4, -0.2) is 248 Å². The molecule has 1 aliphatic heterocycles. The number of phenolic OH excluding ortho intramolecular Hbond substituents is 1. The highest BCUT2D eigenvalue weighted by Crippen LogP contribution is 2.25. The maximum absolute atomic E-state index is 15.4. The van der Waals surface area contributed by atoms with Crippen molar-refractivity contribution in [2.75, 3.05) is 37.7 Å². The quantitative estimate of drug-likeness (QED) is 0.0182. The molecule has 14 amide bonds. The van der Waals surface area contributed by atoms with Crippen LogP contribution in [-0.2, 0) is 97.6 Å². The van der Waals surface area contributed by atoms with E-state index in [0.717, 1.165) is 35.4 Å². The van der Waals surface area contributed by atoms with Crippen LogP contribution in [0.25, 0.3) is 10.9 Å². The van der Waals surface area contributed by atoms with Crippen LogP contribution in [0.5, 0.6) is 5.75 Å². The summed E-state index contributed by atoms with van der Waals surface area (Å²) in [5, 5.41) is 86.2. The average Bonchev–Trinajstić information content (AvgIpc) is 1.65. The van der Waals surface area contributed by atoms with Gasteiger partial charge in [0.2, 0.25) is 82.7 Å². The molecule has 40 heteroatoms. The topological polar surface area (TPSA) is 633 Å². The molecule has 0 bridgehead atoms. The number of amides is 14. The summed E-state index contributed by atoms with van der Waals surface area (Å²) in [7, 11) is 1.47. The smallest absolute Gasteiger partial charge is 0.327 e. The van der Waals surface area contributed by atoms with Gasteiger partial charge >= 0.3 is 5.97 Å². The lowest BCUT2D eigenvalue weighted by atomic mass is 10.00. The lowest BCUT2D eigenvalue weighted by Crippen LogP contribution is -2.63. The van der Waals surface area contributed by atoms with E-state index in [4.69, 9.17) is 22.9 Å². The number of benzene rings is 4. The summed E-state index contributed by atoms with van der Waals surface area (Å²) in [5.74, 6) is -18.2. The highest BCUT2D eigenvalue weighted by Gasteiger charge is 2.40. The Kier molecular flexibility index (Phi) is 38.4. The van der Waals surface area contributed by atoms with Gasteiger partial charge in [0.15, 0.2) is 0 Å².